The molecule has 0 unspecified atom stereocenters. The number of nitrogens with zero attached hydrogens (tertiary/aromatic N) is 1. The van der Waals surface area contributed by atoms with Crippen LogP contribution in [0, 0.1) is 41.7 Å². The minimum Gasteiger partial charge on any atom is -0.491 e. The molecule has 5 heteroatoms. The molecule has 0 N–H and O–H groups in total. The van der Waals surface area contributed by atoms with Gasteiger partial charge in [0.15, 0.2) is 0 Å². The maximum absolute atomic E-state index is 13.8. The maximum Gasteiger partial charge on any atom is 0.145 e. The highest BCUT2D eigenvalue weighted by Crippen LogP contribution is 2.23. The van der Waals surface area contributed by atoms with E-state index in [0.29, 0.717) is 13.2 Å². The van der Waals surface area contributed by atoms with Crippen molar-refractivity contribution in [3.05, 3.63) is 63.7 Å². The molecule has 0 saturated carbocycles. The van der Waals surface area contributed by atoms with Crippen LogP contribution < -0.4 is 4.74 Å². The van der Waals surface area contributed by atoms with Crippen molar-refractivity contribution in [1.82, 2.24) is 0 Å². The van der Waals surface area contributed by atoms with Crippen molar-refractivity contribution in [2.75, 3.05) is 19.8 Å². The predicted octanol–water partition coefficient (Wildman–Crippen LogP) is 5.30. The van der Waals surface area contributed by atoms with Gasteiger partial charge in [0.1, 0.15) is 35.6 Å². The second-order valence-corrected chi connectivity index (χ2v) is 6.62. The van der Waals surface area contributed by atoms with Crippen LogP contribution in [0.3, 0.4) is 0 Å². The summed E-state index contributed by atoms with van der Waals surface area (Å²) in [6.07, 6.45) is 2.88. The number of ether oxygens (including phenoxy) is 2. The van der Waals surface area contributed by atoms with Crippen LogP contribution in [0.15, 0.2) is 24.3 Å². The van der Waals surface area contributed by atoms with Gasteiger partial charge < -0.3 is 9.47 Å². The van der Waals surface area contributed by atoms with E-state index < -0.39 is 17.2 Å². The number of halogens is 2. The number of unbranched alkanes of at least 4 members (excludes halogenated alkanes) is 1. The summed E-state index contributed by atoms with van der Waals surface area (Å²) in [5.74, 6) is 4.75. The maximum atomic E-state index is 13.8. The average molecular weight is 397 g/mol. The van der Waals surface area contributed by atoms with E-state index in [1.807, 2.05) is 26.0 Å². The smallest absolute Gasteiger partial charge is 0.145 e. The van der Waals surface area contributed by atoms with Gasteiger partial charge in [-0.2, -0.15) is 5.26 Å². The Kier molecular flexibility index (Phi) is 8.65. The molecule has 29 heavy (non-hydrogen) atoms. The van der Waals surface area contributed by atoms with Gasteiger partial charge in [0.05, 0.1) is 6.61 Å². The molecule has 0 bridgehead atoms. The third-order valence-electron chi connectivity index (χ3n) is 4.40. The lowest BCUT2D eigenvalue weighted by atomic mass is 9.99. The fourth-order valence-corrected chi connectivity index (χ4v) is 2.82. The third kappa shape index (κ3) is 6.31. The fraction of sp³-hybridized carbons (Fsp3) is 0.375. The van der Waals surface area contributed by atoms with E-state index in [-0.39, 0.29) is 5.56 Å². The second kappa shape index (κ2) is 11.2. The van der Waals surface area contributed by atoms with Gasteiger partial charge in [-0.3, -0.25) is 0 Å². The van der Waals surface area contributed by atoms with Gasteiger partial charge >= 0.3 is 0 Å². The minimum atomic E-state index is -0.908. The lowest BCUT2D eigenvalue weighted by molar-refractivity contribution is 0.0980. The Morgan fingerprint density at radius 1 is 0.931 bits per heavy atom. The Labute approximate surface area is 171 Å². The zero-order valence-corrected chi connectivity index (χ0v) is 17.1. The first-order chi connectivity index (χ1) is 14.0. The normalized spacial score (nSPS) is 10.2. The van der Waals surface area contributed by atoms with Crippen LogP contribution in [-0.4, -0.2) is 19.8 Å². The molecule has 0 aliphatic rings. The Morgan fingerprint density at radius 3 is 2.28 bits per heavy atom. The van der Waals surface area contributed by atoms with Gasteiger partial charge in [-0.15, -0.1) is 0 Å². The van der Waals surface area contributed by atoms with Crippen molar-refractivity contribution in [2.45, 2.75) is 40.0 Å². The summed E-state index contributed by atoms with van der Waals surface area (Å²) in [6, 6.07) is 7.49. The zero-order chi connectivity index (χ0) is 21.2. The molecule has 2 aromatic carbocycles. The molecule has 0 amide bonds. The molecule has 0 spiro atoms. The zero-order valence-electron chi connectivity index (χ0n) is 17.1. The van der Waals surface area contributed by atoms with E-state index in [0.717, 1.165) is 60.4 Å². The second-order valence-electron chi connectivity index (χ2n) is 6.62. The summed E-state index contributed by atoms with van der Waals surface area (Å²) in [7, 11) is 0. The first kappa shape index (κ1) is 22.4. The summed E-state index contributed by atoms with van der Waals surface area (Å²) in [5.41, 5.74) is 2.32. The van der Waals surface area contributed by atoms with Crippen molar-refractivity contribution in [3.63, 3.8) is 0 Å². The number of rotatable bonds is 8. The van der Waals surface area contributed by atoms with Gasteiger partial charge in [-0.1, -0.05) is 32.1 Å². The number of nitriles is 1. The SMILES string of the molecule is CCCCOCCOc1cc(C)c(C#Cc2cc(F)c(C#N)c(F)c2)c(CC)c1. The standard InChI is InChI=1S/C24H25F2NO2/c1-4-6-9-28-10-11-29-20-12-17(3)21(19(5-2)15-20)8-7-18-13-23(25)22(16-27)24(26)14-18/h12-15H,4-6,9-11H2,1-3H3. The topological polar surface area (TPSA) is 42.2 Å². The van der Waals surface area contributed by atoms with E-state index in [9.17, 15) is 8.78 Å². The Bertz CT molecular complexity index is 929. The molecular weight excluding hydrogens is 372 g/mol. The van der Waals surface area contributed by atoms with Crippen LogP contribution in [0.5, 0.6) is 5.75 Å². The van der Waals surface area contributed by atoms with Crippen LogP contribution in [-0.2, 0) is 11.2 Å². The third-order valence-corrected chi connectivity index (χ3v) is 4.40. The van der Waals surface area contributed by atoms with Crippen LogP contribution in [0.4, 0.5) is 8.78 Å². The highest BCUT2D eigenvalue weighted by molar-refractivity contribution is 5.54. The minimum absolute atomic E-state index is 0.185. The molecule has 2 aromatic rings. The van der Waals surface area contributed by atoms with Gasteiger partial charge in [-0.05, 0) is 55.2 Å². The lowest BCUT2D eigenvalue weighted by Crippen LogP contribution is -2.08. The Balaban J connectivity index is 2.17. The van der Waals surface area contributed by atoms with E-state index in [2.05, 4.69) is 18.8 Å². The van der Waals surface area contributed by atoms with Gasteiger partial charge in [-0.25, -0.2) is 8.78 Å². The monoisotopic (exact) mass is 397 g/mol. The molecule has 2 rings (SSSR count). The molecule has 0 atom stereocenters. The predicted molar refractivity (Wildman–Crippen MR) is 109 cm³/mol. The van der Waals surface area contributed by atoms with E-state index >= 15 is 0 Å². The van der Waals surface area contributed by atoms with E-state index in [4.69, 9.17) is 14.7 Å². The highest BCUT2D eigenvalue weighted by Gasteiger charge is 2.10. The number of aryl methyl sites for hydroxylation is 2. The summed E-state index contributed by atoms with van der Waals surface area (Å²) >= 11 is 0. The van der Waals surface area contributed by atoms with Crippen molar-refractivity contribution in [2.24, 2.45) is 0 Å². The van der Waals surface area contributed by atoms with Crippen LogP contribution in [0.25, 0.3) is 0 Å². The molecular formula is C24H25F2NO2. The summed E-state index contributed by atoms with van der Waals surface area (Å²) in [5, 5.41) is 8.76. The Morgan fingerprint density at radius 2 is 1.66 bits per heavy atom. The molecule has 0 saturated heterocycles. The number of benzene rings is 2. The summed E-state index contributed by atoms with van der Waals surface area (Å²) in [4.78, 5) is 0. The van der Waals surface area contributed by atoms with Crippen molar-refractivity contribution < 1.29 is 18.3 Å². The number of hydrogen-bond donors (Lipinski definition) is 0. The summed E-state index contributed by atoms with van der Waals surface area (Å²) < 4.78 is 38.8. The molecule has 152 valence electrons. The molecule has 0 aliphatic heterocycles. The quantitative estimate of drug-likeness (QED) is 0.448. The fourth-order valence-electron chi connectivity index (χ4n) is 2.82. The summed E-state index contributed by atoms with van der Waals surface area (Å²) in [6.45, 7) is 7.81. The lowest BCUT2D eigenvalue weighted by Gasteiger charge is -2.12. The van der Waals surface area contributed by atoms with Gasteiger partial charge in [0, 0.05) is 17.7 Å². The average Bonchev–Trinajstić information content (AvgIpc) is 2.69. The van der Waals surface area contributed by atoms with Crippen LogP contribution >= 0.6 is 0 Å². The molecule has 0 radical (unpaired) electrons. The molecule has 0 fully saturated rings. The van der Waals surface area contributed by atoms with Gasteiger partial charge in [0.2, 0.25) is 0 Å². The highest BCUT2D eigenvalue weighted by atomic mass is 19.1. The van der Waals surface area contributed by atoms with Crippen molar-refractivity contribution >= 4 is 0 Å². The Hall–Kier alpha value is -2.89. The molecule has 0 heterocycles. The van der Waals surface area contributed by atoms with Crippen LogP contribution in [0.1, 0.15) is 54.5 Å². The first-order valence-corrected chi connectivity index (χ1v) is 9.75. The largest absolute Gasteiger partial charge is 0.491 e. The van der Waals surface area contributed by atoms with E-state index in [1.165, 1.54) is 6.07 Å². The molecule has 3 nitrogen and oxygen atoms in total. The van der Waals surface area contributed by atoms with Crippen LogP contribution in [0.2, 0.25) is 0 Å². The van der Waals surface area contributed by atoms with Crippen molar-refractivity contribution in [1.29, 1.82) is 5.26 Å². The van der Waals surface area contributed by atoms with Gasteiger partial charge in [0.25, 0.3) is 0 Å². The first-order valence-electron chi connectivity index (χ1n) is 9.75. The number of hydrogen-bond acceptors (Lipinski definition) is 3. The van der Waals surface area contributed by atoms with Crippen molar-refractivity contribution in [3.8, 4) is 23.7 Å². The molecule has 0 aromatic heterocycles. The van der Waals surface area contributed by atoms with E-state index in [1.54, 1.807) is 0 Å². The molecule has 0 aliphatic carbocycles.